The van der Waals surface area contributed by atoms with Gasteiger partial charge in [-0.1, -0.05) is 0 Å². The maximum Gasteiger partial charge on any atom is 0.243 e. The molecule has 0 aromatic carbocycles. The summed E-state index contributed by atoms with van der Waals surface area (Å²) >= 11 is 0. The molecular formula is C13H16N4O3S. The van der Waals surface area contributed by atoms with E-state index in [1.807, 2.05) is 6.07 Å². The van der Waals surface area contributed by atoms with Crippen LogP contribution in [0.15, 0.2) is 17.2 Å². The fourth-order valence-corrected chi connectivity index (χ4v) is 3.23. The number of nitriles is 1. The molecule has 1 aromatic rings. The number of nitrogen functional groups attached to an aromatic ring is 1. The van der Waals surface area contributed by atoms with Crippen molar-refractivity contribution < 1.29 is 13.2 Å². The van der Waals surface area contributed by atoms with E-state index in [-0.39, 0.29) is 16.5 Å². The highest BCUT2D eigenvalue weighted by Crippen LogP contribution is 2.36. The molecule has 2 fully saturated rings. The van der Waals surface area contributed by atoms with Crippen molar-refractivity contribution >= 4 is 15.7 Å². The van der Waals surface area contributed by atoms with Crippen LogP contribution in [0.4, 0.5) is 5.69 Å². The third-order valence-electron chi connectivity index (χ3n) is 3.61. The second-order valence-electron chi connectivity index (χ2n) is 5.62. The monoisotopic (exact) mass is 308 g/mol. The van der Waals surface area contributed by atoms with Crippen molar-refractivity contribution in [2.24, 2.45) is 5.92 Å². The average molecular weight is 308 g/mol. The zero-order chi connectivity index (χ0) is 15.1. The van der Waals surface area contributed by atoms with Gasteiger partial charge in [0.15, 0.2) is 0 Å². The summed E-state index contributed by atoms with van der Waals surface area (Å²) in [7, 11) is -3.80. The maximum absolute atomic E-state index is 12.2. The first-order valence-corrected chi connectivity index (χ1v) is 8.26. The van der Waals surface area contributed by atoms with Crippen molar-refractivity contribution in [1.29, 1.82) is 5.26 Å². The molecule has 0 aliphatic heterocycles. The van der Waals surface area contributed by atoms with Gasteiger partial charge >= 0.3 is 0 Å². The van der Waals surface area contributed by atoms with Crippen LogP contribution in [0.1, 0.15) is 25.7 Å². The molecular weight excluding hydrogens is 292 g/mol. The van der Waals surface area contributed by atoms with E-state index in [1.54, 1.807) is 0 Å². The molecule has 112 valence electrons. The summed E-state index contributed by atoms with van der Waals surface area (Å²) in [6.07, 6.45) is 4.54. The molecule has 0 bridgehead atoms. The first-order chi connectivity index (χ1) is 9.94. The first-order valence-electron chi connectivity index (χ1n) is 6.78. The molecule has 1 heterocycles. The van der Waals surface area contributed by atoms with Crippen LogP contribution in [0.3, 0.4) is 0 Å². The molecule has 3 N–H and O–H groups in total. The molecule has 7 nitrogen and oxygen atoms in total. The van der Waals surface area contributed by atoms with Crippen molar-refractivity contribution in [2.75, 3.05) is 12.3 Å². The molecule has 8 heteroatoms. The van der Waals surface area contributed by atoms with E-state index in [4.69, 9.17) is 15.7 Å². The van der Waals surface area contributed by atoms with Gasteiger partial charge in [0.2, 0.25) is 15.9 Å². The lowest BCUT2D eigenvalue weighted by Crippen LogP contribution is -2.35. The number of hydrogen-bond donors (Lipinski definition) is 2. The molecule has 0 atom stereocenters. The van der Waals surface area contributed by atoms with Crippen molar-refractivity contribution in [3.8, 4) is 11.9 Å². The molecule has 0 saturated heterocycles. The predicted molar refractivity (Wildman–Crippen MR) is 74.8 cm³/mol. The molecule has 1 aromatic heterocycles. The van der Waals surface area contributed by atoms with E-state index in [9.17, 15) is 8.42 Å². The van der Waals surface area contributed by atoms with Crippen LogP contribution in [0, 0.1) is 17.2 Å². The van der Waals surface area contributed by atoms with Crippen LogP contribution in [-0.2, 0) is 10.0 Å². The van der Waals surface area contributed by atoms with E-state index < -0.39 is 15.6 Å². The Morgan fingerprint density at radius 1 is 1.52 bits per heavy atom. The third-order valence-corrected chi connectivity index (χ3v) is 5.11. The quantitative estimate of drug-likeness (QED) is 0.802. The van der Waals surface area contributed by atoms with Crippen LogP contribution in [-0.4, -0.2) is 25.5 Å². The Labute approximate surface area is 123 Å². The fraction of sp³-hybridized carbons (Fsp3) is 0.538. The Morgan fingerprint density at radius 3 is 2.76 bits per heavy atom. The van der Waals surface area contributed by atoms with Crippen molar-refractivity contribution in [3.05, 3.63) is 12.3 Å². The van der Waals surface area contributed by atoms with E-state index in [0.717, 1.165) is 12.8 Å². The lowest BCUT2D eigenvalue weighted by molar-refractivity contribution is 0.290. The predicted octanol–water partition coefficient (Wildman–Crippen LogP) is 0.787. The summed E-state index contributed by atoms with van der Waals surface area (Å²) in [4.78, 5) is 3.92. The highest BCUT2D eigenvalue weighted by atomic mass is 32.2. The van der Waals surface area contributed by atoms with E-state index in [2.05, 4.69) is 9.71 Å². The smallest absolute Gasteiger partial charge is 0.243 e. The van der Waals surface area contributed by atoms with Crippen molar-refractivity contribution in [3.63, 3.8) is 0 Å². The molecule has 2 saturated carbocycles. The topological polar surface area (TPSA) is 118 Å². The SMILES string of the molecule is N#CC1(NS(=O)(=O)c2cnc(OCC3CC3)c(N)c2)CC1. The summed E-state index contributed by atoms with van der Waals surface area (Å²) in [5.74, 6) is 0.809. The van der Waals surface area contributed by atoms with Gasteiger partial charge in [0.1, 0.15) is 10.4 Å². The lowest BCUT2D eigenvalue weighted by atomic mass is 10.3. The summed E-state index contributed by atoms with van der Waals surface area (Å²) in [6.45, 7) is 0.555. The number of nitrogens with zero attached hydrogens (tertiary/aromatic N) is 2. The number of aromatic nitrogens is 1. The minimum Gasteiger partial charge on any atom is -0.476 e. The minimum absolute atomic E-state index is 0.0553. The number of nitrogens with one attached hydrogen (secondary N) is 1. The molecule has 2 aliphatic rings. The standard InChI is InChI=1S/C13H16N4O3S/c14-8-13(3-4-13)17-21(18,19)10-5-11(15)12(16-6-10)20-7-9-1-2-9/h5-6,9,17H,1-4,7,15H2. The van der Waals surface area contributed by atoms with Crippen molar-refractivity contribution in [2.45, 2.75) is 36.1 Å². The van der Waals surface area contributed by atoms with Gasteiger partial charge in [-0.25, -0.2) is 13.4 Å². The third kappa shape index (κ3) is 3.09. The summed E-state index contributed by atoms with van der Waals surface area (Å²) in [5.41, 5.74) is 5.01. The van der Waals surface area contributed by atoms with Gasteiger partial charge in [-0.3, -0.25) is 0 Å². The molecule has 21 heavy (non-hydrogen) atoms. The molecule has 0 amide bonds. The minimum atomic E-state index is -3.80. The summed E-state index contributed by atoms with van der Waals surface area (Å²) in [6, 6.07) is 3.29. The van der Waals surface area contributed by atoms with Gasteiger partial charge in [-0.05, 0) is 37.7 Å². The molecule has 0 spiro atoms. The van der Waals surface area contributed by atoms with Crippen LogP contribution in [0.5, 0.6) is 5.88 Å². The van der Waals surface area contributed by atoms with E-state index in [1.165, 1.54) is 12.3 Å². The van der Waals surface area contributed by atoms with E-state index in [0.29, 0.717) is 25.4 Å². The fourth-order valence-electron chi connectivity index (χ4n) is 1.88. The number of hydrogen-bond acceptors (Lipinski definition) is 6. The van der Waals surface area contributed by atoms with Crippen molar-refractivity contribution in [1.82, 2.24) is 9.71 Å². The Bertz CT molecular complexity index is 703. The Morgan fingerprint density at radius 2 is 2.24 bits per heavy atom. The Balaban J connectivity index is 1.75. The highest BCUT2D eigenvalue weighted by Gasteiger charge is 2.46. The summed E-state index contributed by atoms with van der Waals surface area (Å²) < 4.78 is 32.2. The zero-order valence-electron chi connectivity index (χ0n) is 11.4. The highest BCUT2D eigenvalue weighted by molar-refractivity contribution is 7.89. The molecule has 0 unspecified atom stereocenters. The van der Waals surface area contributed by atoms with Gasteiger partial charge in [0.05, 0.1) is 24.6 Å². The maximum atomic E-state index is 12.2. The molecule has 2 aliphatic carbocycles. The second kappa shape index (κ2) is 4.86. The van der Waals surface area contributed by atoms with Crippen LogP contribution >= 0.6 is 0 Å². The average Bonchev–Trinajstić information content (AvgIpc) is 3.33. The number of rotatable bonds is 6. The number of pyridine rings is 1. The van der Waals surface area contributed by atoms with E-state index >= 15 is 0 Å². The number of ether oxygens (including phenoxy) is 1. The van der Waals surface area contributed by atoms with Gasteiger partial charge in [0.25, 0.3) is 0 Å². The number of anilines is 1. The van der Waals surface area contributed by atoms with Gasteiger partial charge in [-0.15, -0.1) is 0 Å². The van der Waals surface area contributed by atoms with Gasteiger partial charge in [-0.2, -0.15) is 9.98 Å². The summed E-state index contributed by atoms with van der Waals surface area (Å²) in [5, 5.41) is 8.96. The Kier molecular flexibility index (Phi) is 3.26. The lowest BCUT2D eigenvalue weighted by Gasteiger charge is -2.12. The van der Waals surface area contributed by atoms with Gasteiger partial charge in [0, 0.05) is 0 Å². The van der Waals surface area contributed by atoms with Crippen LogP contribution in [0.25, 0.3) is 0 Å². The van der Waals surface area contributed by atoms with Gasteiger partial charge < -0.3 is 10.5 Å². The van der Waals surface area contributed by atoms with Crippen LogP contribution in [0.2, 0.25) is 0 Å². The number of sulfonamides is 1. The molecule has 0 radical (unpaired) electrons. The largest absolute Gasteiger partial charge is 0.476 e. The second-order valence-corrected chi connectivity index (χ2v) is 7.30. The Hall–Kier alpha value is -1.85. The molecule has 3 rings (SSSR count). The zero-order valence-corrected chi connectivity index (χ0v) is 12.2. The first kappa shape index (κ1) is 14.1. The van der Waals surface area contributed by atoms with Crippen LogP contribution < -0.4 is 15.2 Å². The normalized spacial score (nSPS) is 19.8. The number of nitrogens with two attached hydrogens (primary N) is 1.